The van der Waals surface area contributed by atoms with Gasteiger partial charge in [-0.1, -0.05) is 0 Å². The summed E-state index contributed by atoms with van der Waals surface area (Å²) in [6.45, 7) is 1.61. The molecule has 4 nitrogen and oxygen atoms in total. The van der Waals surface area contributed by atoms with Crippen molar-refractivity contribution in [3.8, 4) is 6.07 Å². The van der Waals surface area contributed by atoms with Crippen molar-refractivity contribution < 1.29 is 4.79 Å². The van der Waals surface area contributed by atoms with Crippen LogP contribution in [0.5, 0.6) is 0 Å². The lowest BCUT2D eigenvalue weighted by Crippen LogP contribution is -2.33. The number of amides is 1. The Balaban J connectivity index is 1.73. The molecule has 19 heavy (non-hydrogen) atoms. The molecule has 1 aliphatic heterocycles. The summed E-state index contributed by atoms with van der Waals surface area (Å²) in [6, 6.07) is 9.16. The van der Waals surface area contributed by atoms with Crippen molar-refractivity contribution in [2.75, 3.05) is 13.1 Å². The number of nitrogens with zero attached hydrogens (tertiary/aromatic N) is 2. The number of nitrogens with two attached hydrogens (primary N) is 1. The van der Waals surface area contributed by atoms with Crippen molar-refractivity contribution in [2.45, 2.75) is 18.9 Å². The van der Waals surface area contributed by atoms with Crippen molar-refractivity contribution in [3.63, 3.8) is 0 Å². The van der Waals surface area contributed by atoms with E-state index in [1.54, 1.807) is 24.3 Å². The molecule has 1 aromatic rings. The van der Waals surface area contributed by atoms with Gasteiger partial charge in [0.15, 0.2) is 0 Å². The van der Waals surface area contributed by atoms with Gasteiger partial charge in [0.25, 0.3) is 5.91 Å². The molecule has 98 valence electrons. The molecule has 3 rings (SSSR count). The molecule has 1 saturated heterocycles. The van der Waals surface area contributed by atoms with Gasteiger partial charge in [0.1, 0.15) is 0 Å². The Kier molecular flexibility index (Phi) is 3.00. The summed E-state index contributed by atoms with van der Waals surface area (Å²) >= 11 is 0. The van der Waals surface area contributed by atoms with Crippen LogP contribution in [0.25, 0.3) is 0 Å². The first-order valence-electron chi connectivity index (χ1n) is 6.74. The second-order valence-electron chi connectivity index (χ2n) is 5.56. The summed E-state index contributed by atoms with van der Waals surface area (Å²) in [4.78, 5) is 14.3. The fourth-order valence-electron chi connectivity index (χ4n) is 3.34. The van der Waals surface area contributed by atoms with Crippen LogP contribution in [0.1, 0.15) is 28.8 Å². The molecular weight excluding hydrogens is 238 g/mol. The third kappa shape index (κ3) is 2.11. The lowest BCUT2D eigenvalue weighted by atomic mass is 9.98. The Morgan fingerprint density at radius 1 is 1.26 bits per heavy atom. The van der Waals surface area contributed by atoms with E-state index in [1.807, 2.05) is 4.90 Å². The van der Waals surface area contributed by atoms with E-state index in [-0.39, 0.29) is 11.9 Å². The summed E-state index contributed by atoms with van der Waals surface area (Å²) in [6.07, 6.45) is 2.23. The Morgan fingerprint density at radius 3 is 2.63 bits per heavy atom. The van der Waals surface area contributed by atoms with Crippen LogP contribution in [0, 0.1) is 23.2 Å². The molecule has 1 saturated carbocycles. The van der Waals surface area contributed by atoms with E-state index in [1.165, 1.54) is 0 Å². The first-order valence-corrected chi connectivity index (χ1v) is 6.74. The third-order valence-corrected chi connectivity index (χ3v) is 4.46. The summed E-state index contributed by atoms with van der Waals surface area (Å²) < 4.78 is 0. The summed E-state index contributed by atoms with van der Waals surface area (Å²) in [5.41, 5.74) is 7.33. The lowest BCUT2D eigenvalue weighted by Gasteiger charge is -2.18. The van der Waals surface area contributed by atoms with Crippen LogP contribution in [-0.2, 0) is 0 Å². The minimum Gasteiger partial charge on any atom is -0.338 e. The monoisotopic (exact) mass is 255 g/mol. The second kappa shape index (κ2) is 4.67. The van der Waals surface area contributed by atoms with E-state index in [9.17, 15) is 4.79 Å². The maximum Gasteiger partial charge on any atom is 0.253 e. The maximum atomic E-state index is 12.4. The van der Waals surface area contributed by atoms with E-state index < -0.39 is 0 Å². The highest BCUT2D eigenvalue weighted by molar-refractivity contribution is 5.94. The molecule has 1 aliphatic carbocycles. The van der Waals surface area contributed by atoms with E-state index >= 15 is 0 Å². The van der Waals surface area contributed by atoms with E-state index in [4.69, 9.17) is 11.0 Å². The average molecular weight is 255 g/mol. The van der Waals surface area contributed by atoms with Gasteiger partial charge in [-0.15, -0.1) is 0 Å². The molecule has 0 radical (unpaired) electrons. The zero-order chi connectivity index (χ0) is 13.4. The molecule has 4 heteroatoms. The standard InChI is InChI=1S/C15H17N3O/c16-7-10-1-3-11(4-2-10)15(19)18-8-12-5-6-14(17)13(12)9-18/h1-4,12-14H,5-6,8-9,17H2. The SMILES string of the molecule is N#Cc1ccc(C(=O)N2CC3CCC(N)C3C2)cc1. The Bertz CT molecular complexity index is 531. The van der Waals surface area contributed by atoms with Crippen molar-refractivity contribution in [2.24, 2.45) is 17.6 Å². The number of nitriles is 1. The van der Waals surface area contributed by atoms with Crippen molar-refractivity contribution in [1.29, 1.82) is 5.26 Å². The molecule has 1 heterocycles. The van der Waals surface area contributed by atoms with Gasteiger partial charge in [-0.25, -0.2) is 0 Å². The number of hydrogen-bond acceptors (Lipinski definition) is 3. The Hall–Kier alpha value is -1.86. The molecule has 0 bridgehead atoms. The normalized spacial score (nSPS) is 29.1. The van der Waals surface area contributed by atoms with Crippen LogP contribution in [0.3, 0.4) is 0 Å². The van der Waals surface area contributed by atoms with Crippen LogP contribution in [-0.4, -0.2) is 29.9 Å². The fourth-order valence-corrected chi connectivity index (χ4v) is 3.34. The minimum atomic E-state index is 0.0612. The third-order valence-electron chi connectivity index (χ3n) is 4.46. The summed E-state index contributed by atoms with van der Waals surface area (Å²) in [7, 11) is 0. The van der Waals surface area contributed by atoms with Crippen molar-refractivity contribution in [3.05, 3.63) is 35.4 Å². The highest BCUT2D eigenvalue weighted by Crippen LogP contribution is 2.37. The summed E-state index contributed by atoms with van der Waals surface area (Å²) in [5, 5.41) is 8.76. The van der Waals surface area contributed by atoms with Crippen molar-refractivity contribution in [1.82, 2.24) is 4.90 Å². The zero-order valence-corrected chi connectivity index (χ0v) is 10.7. The highest BCUT2D eigenvalue weighted by Gasteiger charge is 2.42. The first kappa shape index (κ1) is 12.2. The predicted molar refractivity (Wildman–Crippen MR) is 71.2 cm³/mol. The van der Waals surface area contributed by atoms with Gasteiger partial charge in [-0.05, 0) is 48.9 Å². The molecule has 2 fully saturated rings. The van der Waals surface area contributed by atoms with Crippen LogP contribution < -0.4 is 5.73 Å². The van der Waals surface area contributed by atoms with Crippen LogP contribution in [0.4, 0.5) is 0 Å². The number of likely N-dealkylation sites (tertiary alicyclic amines) is 1. The van der Waals surface area contributed by atoms with Gasteiger partial charge < -0.3 is 10.6 Å². The molecule has 3 atom stereocenters. The lowest BCUT2D eigenvalue weighted by molar-refractivity contribution is 0.0779. The number of rotatable bonds is 1. The number of benzene rings is 1. The minimum absolute atomic E-state index is 0.0612. The molecule has 2 N–H and O–H groups in total. The number of carbonyl (C=O) groups excluding carboxylic acids is 1. The topological polar surface area (TPSA) is 70.1 Å². The van der Waals surface area contributed by atoms with Gasteiger partial charge in [-0.2, -0.15) is 5.26 Å². The van der Waals surface area contributed by atoms with E-state index in [0.717, 1.165) is 25.9 Å². The van der Waals surface area contributed by atoms with Gasteiger partial charge in [0.2, 0.25) is 0 Å². The molecule has 3 unspecified atom stereocenters. The first-order chi connectivity index (χ1) is 9.19. The fraction of sp³-hybridized carbons (Fsp3) is 0.467. The molecule has 0 spiro atoms. The zero-order valence-electron chi connectivity index (χ0n) is 10.7. The number of carbonyl (C=O) groups is 1. The summed E-state index contributed by atoms with van der Waals surface area (Å²) in [5.74, 6) is 1.12. The highest BCUT2D eigenvalue weighted by atomic mass is 16.2. The molecule has 1 amide bonds. The number of fused-ring (bicyclic) bond motifs is 1. The Labute approximate surface area is 112 Å². The predicted octanol–water partition coefficient (Wildman–Crippen LogP) is 1.37. The van der Waals surface area contributed by atoms with Crippen molar-refractivity contribution >= 4 is 5.91 Å². The average Bonchev–Trinajstić information content (AvgIpc) is 3.01. The van der Waals surface area contributed by atoms with E-state index in [0.29, 0.717) is 23.0 Å². The van der Waals surface area contributed by atoms with Crippen LogP contribution >= 0.6 is 0 Å². The second-order valence-corrected chi connectivity index (χ2v) is 5.56. The largest absolute Gasteiger partial charge is 0.338 e. The molecular formula is C15H17N3O. The quantitative estimate of drug-likeness (QED) is 0.824. The number of hydrogen-bond donors (Lipinski definition) is 1. The van der Waals surface area contributed by atoms with Gasteiger partial charge in [0.05, 0.1) is 11.6 Å². The van der Waals surface area contributed by atoms with Gasteiger partial charge >= 0.3 is 0 Å². The smallest absolute Gasteiger partial charge is 0.253 e. The molecule has 1 aromatic carbocycles. The molecule has 2 aliphatic rings. The van der Waals surface area contributed by atoms with E-state index in [2.05, 4.69) is 6.07 Å². The van der Waals surface area contributed by atoms with Crippen LogP contribution in [0.15, 0.2) is 24.3 Å². The van der Waals surface area contributed by atoms with Gasteiger partial charge in [0, 0.05) is 24.7 Å². The molecule has 0 aromatic heterocycles. The Morgan fingerprint density at radius 2 is 2.00 bits per heavy atom. The maximum absolute atomic E-state index is 12.4. The van der Waals surface area contributed by atoms with Gasteiger partial charge in [-0.3, -0.25) is 4.79 Å². The van der Waals surface area contributed by atoms with Crippen LogP contribution in [0.2, 0.25) is 0 Å².